The van der Waals surface area contributed by atoms with Crippen molar-refractivity contribution in [2.24, 2.45) is 16.6 Å². The van der Waals surface area contributed by atoms with E-state index in [1.165, 1.54) is 19.3 Å². The molecule has 2 aromatic rings. The van der Waals surface area contributed by atoms with E-state index in [2.05, 4.69) is 4.99 Å². The molecule has 1 fully saturated rings. The van der Waals surface area contributed by atoms with Gasteiger partial charge in [-0.25, -0.2) is 0 Å². The van der Waals surface area contributed by atoms with Crippen LogP contribution >= 0.6 is 0 Å². The summed E-state index contributed by atoms with van der Waals surface area (Å²) < 4.78 is 2.01. The number of carbonyl (C=O) groups excluding carboxylic acids is 2. The molecule has 28 heavy (non-hydrogen) atoms. The number of nitrogens with two attached hydrogens (primary N) is 1. The van der Waals surface area contributed by atoms with Crippen LogP contribution in [0.2, 0.25) is 0 Å². The van der Waals surface area contributed by atoms with Crippen LogP contribution in [0.3, 0.4) is 0 Å². The van der Waals surface area contributed by atoms with Crippen molar-refractivity contribution < 1.29 is 19.5 Å². The summed E-state index contributed by atoms with van der Waals surface area (Å²) in [6.07, 6.45) is 5.53. The quantitative estimate of drug-likeness (QED) is 0.828. The van der Waals surface area contributed by atoms with Gasteiger partial charge >= 0.3 is 5.97 Å². The molecule has 1 aromatic carbocycles. The van der Waals surface area contributed by atoms with Crippen LogP contribution in [0.4, 0.5) is 0 Å². The summed E-state index contributed by atoms with van der Waals surface area (Å²) in [5.41, 5.74) is 7.96. The Hall–Kier alpha value is -2.96. The molecule has 3 N–H and O–H groups in total. The second-order valence-electron chi connectivity index (χ2n) is 7.66. The standard InChI is InChI=1S/C21H23N3O4/c22-21(28)13-7-4-8-15-18(13)19-16(25)10-23-14(9-17(26)27)20(19)24(15)11-12-5-2-1-3-6-12/h4,7-8,12H,1-3,5-6,9-11H2,(H2,22,28)(H,26,27). The first kappa shape index (κ1) is 18.4. The number of carboxylic acid groups (broad SMARTS) is 1. The van der Waals surface area contributed by atoms with Gasteiger partial charge in [-0.1, -0.05) is 25.3 Å². The third-order valence-electron chi connectivity index (χ3n) is 5.81. The van der Waals surface area contributed by atoms with Crippen molar-refractivity contribution in [1.82, 2.24) is 4.57 Å². The predicted molar refractivity (Wildman–Crippen MR) is 105 cm³/mol. The monoisotopic (exact) mass is 381 g/mol. The highest BCUT2D eigenvalue weighted by Crippen LogP contribution is 2.35. The van der Waals surface area contributed by atoms with E-state index in [-0.39, 0.29) is 18.7 Å². The summed E-state index contributed by atoms with van der Waals surface area (Å²) in [4.78, 5) is 40.5. The number of carbonyl (C=O) groups is 3. The van der Waals surface area contributed by atoms with Crippen LogP contribution in [0.25, 0.3) is 10.9 Å². The number of aromatic nitrogens is 1. The first-order chi connectivity index (χ1) is 13.5. The lowest BCUT2D eigenvalue weighted by molar-refractivity contribution is -0.135. The van der Waals surface area contributed by atoms with Crippen molar-refractivity contribution in [3.63, 3.8) is 0 Å². The molecule has 1 aliphatic carbocycles. The molecule has 1 aromatic heterocycles. The number of primary amides is 1. The lowest BCUT2D eigenvalue weighted by atomic mass is 9.89. The second kappa shape index (κ2) is 7.22. The Morgan fingerprint density at radius 1 is 1.21 bits per heavy atom. The van der Waals surface area contributed by atoms with Gasteiger partial charge in [-0.2, -0.15) is 0 Å². The lowest BCUT2D eigenvalue weighted by Crippen LogP contribution is -2.25. The van der Waals surface area contributed by atoms with Crippen LogP contribution in [0.1, 0.15) is 64.9 Å². The highest BCUT2D eigenvalue weighted by atomic mass is 16.4. The number of Topliss-reactive ketones (excluding diaryl/α,β-unsaturated/α-hetero) is 1. The number of nitrogens with zero attached hydrogens (tertiary/aromatic N) is 2. The topological polar surface area (TPSA) is 115 Å². The van der Waals surface area contributed by atoms with Gasteiger partial charge in [-0.15, -0.1) is 0 Å². The third kappa shape index (κ3) is 3.10. The minimum atomic E-state index is -0.997. The van der Waals surface area contributed by atoms with E-state index < -0.39 is 11.9 Å². The Bertz CT molecular complexity index is 1010. The van der Waals surface area contributed by atoms with Crippen molar-refractivity contribution in [1.29, 1.82) is 0 Å². The zero-order valence-corrected chi connectivity index (χ0v) is 15.6. The van der Waals surface area contributed by atoms with E-state index in [9.17, 15) is 19.5 Å². The molecule has 0 bridgehead atoms. The van der Waals surface area contributed by atoms with Crippen molar-refractivity contribution in [3.05, 3.63) is 35.0 Å². The Labute approximate surface area is 162 Å². The van der Waals surface area contributed by atoms with Crippen LogP contribution in [0.5, 0.6) is 0 Å². The van der Waals surface area contributed by atoms with E-state index in [0.29, 0.717) is 40.4 Å². The molecule has 0 atom stereocenters. The maximum absolute atomic E-state index is 12.8. The third-order valence-corrected chi connectivity index (χ3v) is 5.81. The molecule has 0 unspecified atom stereocenters. The number of amides is 1. The number of rotatable bonds is 5. The largest absolute Gasteiger partial charge is 0.481 e. The van der Waals surface area contributed by atoms with Crippen molar-refractivity contribution in [3.8, 4) is 0 Å². The van der Waals surface area contributed by atoms with Crippen LogP contribution in [-0.4, -0.2) is 39.6 Å². The molecule has 146 valence electrons. The molecule has 0 radical (unpaired) electrons. The zero-order valence-electron chi connectivity index (χ0n) is 15.6. The Morgan fingerprint density at radius 3 is 2.64 bits per heavy atom. The SMILES string of the molecule is NC(=O)c1cccc2c1c1c(n2CC2CCCCC2)C(CC(=O)O)=NCC1=O. The van der Waals surface area contributed by atoms with Gasteiger partial charge in [-0.05, 0) is 30.9 Å². The van der Waals surface area contributed by atoms with Gasteiger partial charge in [0, 0.05) is 17.5 Å². The zero-order chi connectivity index (χ0) is 19.8. The van der Waals surface area contributed by atoms with Gasteiger partial charge in [0.1, 0.15) is 6.54 Å². The molecule has 7 nitrogen and oxygen atoms in total. The first-order valence-corrected chi connectivity index (χ1v) is 9.71. The van der Waals surface area contributed by atoms with Gasteiger partial charge in [0.2, 0.25) is 5.91 Å². The molecular formula is C21H23N3O4. The Kier molecular flexibility index (Phi) is 4.75. The summed E-state index contributed by atoms with van der Waals surface area (Å²) in [5, 5.41) is 9.87. The molecule has 2 heterocycles. The molecule has 7 heteroatoms. The summed E-state index contributed by atoms with van der Waals surface area (Å²) in [7, 11) is 0. The number of benzene rings is 1. The number of ketones is 1. The molecule has 4 rings (SSSR count). The van der Waals surface area contributed by atoms with Crippen LogP contribution < -0.4 is 5.73 Å². The maximum atomic E-state index is 12.8. The van der Waals surface area contributed by atoms with Gasteiger partial charge in [0.25, 0.3) is 0 Å². The first-order valence-electron chi connectivity index (χ1n) is 9.71. The van der Waals surface area contributed by atoms with Gasteiger partial charge in [-0.3, -0.25) is 19.4 Å². The molecule has 1 amide bonds. The lowest BCUT2D eigenvalue weighted by Gasteiger charge is -2.24. The summed E-state index contributed by atoms with van der Waals surface area (Å²) in [6, 6.07) is 5.24. The molecule has 0 saturated heterocycles. The van der Waals surface area contributed by atoms with Crippen LogP contribution in [-0.2, 0) is 11.3 Å². The molecular weight excluding hydrogens is 358 g/mol. The van der Waals surface area contributed by atoms with E-state index in [1.807, 2.05) is 10.6 Å². The molecule has 1 aliphatic heterocycles. The summed E-state index contributed by atoms with van der Waals surface area (Å²) in [5.74, 6) is -1.35. The minimum absolute atomic E-state index is 0.106. The number of fused-ring (bicyclic) bond motifs is 3. The number of carboxylic acids is 1. The van der Waals surface area contributed by atoms with Gasteiger partial charge in [0.05, 0.1) is 28.9 Å². The normalized spacial score (nSPS) is 17.4. The van der Waals surface area contributed by atoms with Crippen molar-refractivity contribution >= 4 is 34.3 Å². The van der Waals surface area contributed by atoms with E-state index in [4.69, 9.17) is 5.73 Å². The van der Waals surface area contributed by atoms with Gasteiger partial charge in [0.15, 0.2) is 5.78 Å². The molecule has 2 aliphatic rings. The fraction of sp³-hybridized carbons (Fsp3) is 0.429. The summed E-state index contributed by atoms with van der Waals surface area (Å²) in [6.45, 7) is 0.575. The minimum Gasteiger partial charge on any atom is -0.481 e. The summed E-state index contributed by atoms with van der Waals surface area (Å²) >= 11 is 0. The average Bonchev–Trinajstić information content (AvgIpc) is 3.00. The van der Waals surface area contributed by atoms with Crippen LogP contribution in [0.15, 0.2) is 23.2 Å². The fourth-order valence-electron chi connectivity index (χ4n) is 4.60. The number of aliphatic imine (C=N–C) groups is 1. The van der Waals surface area contributed by atoms with E-state index >= 15 is 0 Å². The number of hydrogen-bond acceptors (Lipinski definition) is 4. The van der Waals surface area contributed by atoms with E-state index in [0.717, 1.165) is 18.4 Å². The van der Waals surface area contributed by atoms with Crippen LogP contribution in [0, 0.1) is 5.92 Å². The van der Waals surface area contributed by atoms with Crippen molar-refractivity contribution in [2.45, 2.75) is 45.1 Å². The fourth-order valence-corrected chi connectivity index (χ4v) is 4.60. The average molecular weight is 381 g/mol. The second-order valence-corrected chi connectivity index (χ2v) is 7.66. The maximum Gasteiger partial charge on any atom is 0.309 e. The Balaban J connectivity index is 1.97. The Morgan fingerprint density at radius 2 is 1.96 bits per heavy atom. The van der Waals surface area contributed by atoms with Gasteiger partial charge < -0.3 is 15.4 Å². The number of hydrogen-bond donors (Lipinski definition) is 2. The smallest absolute Gasteiger partial charge is 0.309 e. The number of aliphatic carboxylic acids is 1. The predicted octanol–water partition coefficient (Wildman–Crippen LogP) is 2.78. The highest BCUT2D eigenvalue weighted by Gasteiger charge is 2.32. The molecule has 1 saturated carbocycles. The molecule has 0 spiro atoms. The highest BCUT2D eigenvalue weighted by molar-refractivity contribution is 6.26. The van der Waals surface area contributed by atoms with E-state index in [1.54, 1.807) is 12.1 Å². The van der Waals surface area contributed by atoms with Crippen molar-refractivity contribution in [2.75, 3.05) is 6.54 Å².